The maximum atomic E-state index is 13.5. The number of carbonyl (C=O) groups excluding carboxylic acids is 1. The minimum Gasteiger partial charge on any atom is -0.351 e. The number of aryl methyl sites for hydroxylation is 1. The molecule has 1 atom stereocenters. The molecule has 1 N–H and O–H groups in total. The van der Waals surface area contributed by atoms with E-state index in [2.05, 4.69) is 27.3 Å². The first-order chi connectivity index (χ1) is 17.4. The van der Waals surface area contributed by atoms with E-state index in [1.54, 1.807) is 25.1 Å². The van der Waals surface area contributed by atoms with Crippen molar-refractivity contribution in [2.45, 2.75) is 26.3 Å². The van der Waals surface area contributed by atoms with E-state index in [1.807, 2.05) is 29.2 Å². The fraction of sp³-hybridized carbons (Fsp3) is 0.250. The predicted octanol–water partition coefficient (Wildman–Crippen LogP) is 6.02. The molecule has 0 saturated carbocycles. The van der Waals surface area contributed by atoms with Gasteiger partial charge < -0.3 is 15.1 Å². The molecule has 0 unspecified atom stereocenters. The average molecular weight is 488 g/mol. The molecule has 5 rings (SSSR count). The Morgan fingerprint density at radius 1 is 0.972 bits per heavy atom. The van der Waals surface area contributed by atoms with Gasteiger partial charge in [0.1, 0.15) is 17.3 Å². The number of anilines is 2. The number of nitrogens with zero attached hydrogens (tertiary/aromatic N) is 4. The van der Waals surface area contributed by atoms with Crippen molar-refractivity contribution in [3.63, 3.8) is 0 Å². The van der Waals surface area contributed by atoms with Crippen LogP contribution in [0, 0.1) is 18.6 Å². The number of piperazine rings is 1. The smallest absolute Gasteiger partial charge is 0.322 e. The molecule has 184 valence electrons. The third-order valence-electron chi connectivity index (χ3n) is 6.73. The van der Waals surface area contributed by atoms with Crippen LogP contribution in [-0.2, 0) is 0 Å². The van der Waals surface area contributed by atoms with Crippen molar-refractivity contribution >= 4 is 28.3 Å². The van der Waals surface area contributed by atoms with Gasteiger partial charge in [-0.1, -0.05) is 31.2 Å². The SMILES string of the molecule is CC[C@H]1CN(c2nnc(-c3ccc(F)cc3)c3ccccc23)CCN1C(=O)Nc1ccc(F)cc1C. The molecular weight excluding hydrogens is 460 g/mol. The van der Waals surface area contributed by atoms with Gasteiger partial charge in [-0.05, 0) is 61.4 Å². The Kier molecular flexibility index (Phi) is 6.50. The number of fused-ring (bicyclic) bond motifs is 1. The second kappa shape index (κ2) is 9.89. The Balaban J connectivity index is 1.39. The lowest BCUT2D eigenvalue weighted by Gasteiger charge is -2.41. The zero-order valence-corrected chi connectivity index (χ0v) is 20.2. The van der Waals surface area contributed by atoms with E-state index in [-0.39, 0.29) is 23.7 Å². The van der Waals surface area contributed by atoms with Gasteiger partial charge in [0.15, 0.2) is 5.82 Å². The van der Waals surface area contributed by atoms with Crippen LogP contribution in [0.4, 0.5) is 25.1 Å². The molecule has 0 aliphatic carbocycles. The lowest BCUT2D eigenvalue weighted by molar-refractivity contribution is 0.176. The number of hydrogen-bond acceptors (Lipinski definition) is 4. The van der Waals surface area contributed by atoms with Gasteiger partial charge in [-0.3, -0.25) is 0 Å². The Morgan fingerprint density at radius 2 is 1.69 bits per heavy atom. The molecule has 6 nitrogen and oxygen atoms in total. The van der Waals surface area contributed by atoms with Crippen LogP contribution in [0.3, 0.4) is 0 Å². The maximum absolute atomic E-state index is 13.5. The Morgan fingerprint density at radius 3 is 2.42 bits per heavy atom. The quantitative estimate of drug-likeness (QED) is 0.383. The van der Waals surface area contributed by atoms with Crippen molar-refractivity contribution in [1.29, 1.82) is 0 Å². The van der Waals surface area contributed by atoms with Crippen LogP contribution in [0.5, 0.6) is 0 Å². The number of amides is 2. The van der Waals surface area contributed by atoms with Crippen LogP contribution in [-0.4, -0.2) is 46.8 Å². The van der Waals surface area contributed by atoms with Crippen molar-refractivity contribution in [2.75, 3.05) is 29.9 Å². The maximum Gasteiger partial charge on any atom is 0.322 e. The van der Waals surface area contributed by atoms with Gasteiger partial charge in [0.25, 0.3) is 0 Å². The Labute approximate surface area is 208 Å². The summed E-state index contributed by atoms with van der Waals surface area (Å²) in [5.74, 6) is 0.142. The number of rotatable bonds is 4. The average Bonchev–Trinajstić information content (AvgIpc) is 2.90. The normalized spacial score (nSPS) is 15.8. The molecule has 1 aliphatic heterocycles. The summed E-state index contributed by atoms with van der Waals surface area (Å²) in [6, 6.07) is 18.3. The summed E-state index contributed by atoms with van der Waals surface area (Å²) < 4.78 is 26.9. The fourth-order valence-corrected chi connectivity index (χ4v) is 4.76. The predicted molar refractivity (Wildman–Crippen MR) is 138 cm³/mol. The highest BCUT2D eigenvalue weighted by molar-refractivity contribution is 6.00. The molecule has 0 bridgehead atoms. The number of benzene rings is 3. The highest BCUT2D eigenvalue weighted by Crippen LogP contribution is 2.32. The summed E-state index contributed by atoms with van der Waals surface area (Å²) in [5, 5.41) is 13.9. The standard InChI is InChI=1S/C28H27F2N5O/c1-3-22-17-34(14-15-35(22)28(36)31-25-13-12-21(30)16-18(25)2)27-24-7-5-4-6-23(24)26(32-33-27)19-8-10-20(29)11-9-19/h4-13,16,22H,3,14-15,17H2,1-2H3,(H,31,36)/t22-/m0/s1. The molecule has 0 spiro atoms. The largest absolute Gasteiger partial charge is 0.351 e. The zero-order chi connectivity index (χ0) is 25.2. The van der Waals surface area contributed by atoms with E-state index in [1.165, 1.54) is 24.3 Å². The molecule has 2 heterocycles. The second-order valence-electron chi connectivity index (χ2n) is 9.02. The van der Waals surface area contributed by atoms with Gasteiger partial charge in [-0.2, -0.15) is 0 Å². The third-order valence-corrected chi connectivity index (χ3v) is 6.73. The summed E-state index contributed by atoms with van der Waals surface area (Å²) >= 11 is 0. The van der Waals surface area contributed by atoms with Crippen LogP contribution in [0.15, 0.2) is 66.7 Å². The lowest BCUT2D eigenvalue weighted by Crippen LogP contribution is -2.56. The minimum absolute atomic E-state index is 0.0307. The van der Waals surface area contributed by atoms with Crippen molar-refractivity contribution in [2.24, 2.45) is 0 Å². The van der Waals surface area contributed by atoms with Crippen molar-refractivity contribution < 1.29 is 13.6 Å². The van der Waals surface area contributed by atoms with Crippen molar-refractivity contribution in [3.8, 4) is 11.3 Å². The zero-order valence-electron chi connectivity index (χ0n) is 20.2. The first-order valence-corrected chi connectivity index (χ1v) is 12.0. The summed E-state index contributed by atoms with van der Waals surface area (Å²) in [7, 11) is 0. The number of urea groups is 1. The third kappa shape index (κ3) is 4.58. The van der Waals surface area contributed by atoms with Gasteiger partial charge in [-0.15, -0.1) is 10.2 Å². The summed E-state index contributed by atoms with van der Waals surface area (Å²) in [6.45, 7) is 5.55. The molecule has 36 heavy (non-hydrogen) atoms. The van der Waals surface area contributed by atoms with E-state index in [4.69, 9.17) is 0 Å². The monoisotopic (exact) mass is 487 g/mol. The number of carbonyl (C=O) groups is 1. The first kappa shape index (κ1) is 23.7. The van der Waals surface area contributed by atoms with Gasteiger partial charge >= 0.3 is 6.03 Å². The van der Waals surface area contributed by atoms with Crippen molar-refractivity contribution in [3.05, 3.63) is 83.9 Å². The molecule has 4 aromatic rings. The van der Waals surface area contributed by atoms with E-state index < -0.39 is 0 Å². The van der Waals surface area contributed by atoms with Crippen LogP contribution in [0.25, 0.3) is 22.0 Å². The van der Waals surface area contributed by atoms with Gasteiger partial charge in [0, 0.05) is 41.7 Å². The fourth-order valence-electron chi connectivity index (χ4n) is 4.76. The molecule has 1 saturated heterocycles. The minimum atomic E-state index is -0.329. The Hall–Kier alpha value is -4.07. The highest BCUT2D eigenvalue weighted by Gasteiger charge is 2.31. The number of aromatic nitrogens is 2. The van der Waals surface area contributed by atoms with Gasteiger partial charge in [-0.25, -0.2) is 13.6 Å². The molecule has 3 aromatic carbocycles. The summed E-state index contributed by atoms with van der Waals surface area (Å²) in [6.07, 6.45) is 0.769. The van der Waals surface area contributed by atoms with Crippen LogP contribution >= 0.6 is 0 Å². The molecule has 8 heteroatoms. The molecule has 1 aliphatic rings. The number of halogens is 2. The summed E-state index contributed by atoms with van der Waals surface area (Å²) in [5.41, 5.74) is 2.79. The topological polar surface area (TPSA) is 61.4 Å². The lowest BCUT2D eigenvalue weighted by atomic mass is 10.0. The molecule has 2 amide bonds. The number of hydrogen-bond donors (Lipinski definition) is 1. The Bertz CT molecular complexity index is 1410. The van der Waals surface area contributed by atoms with E-state index in [0.29, 0.717) is 36.6 Å². The van der Waals surface area contributed by atoms with Gasteiger partial charge in [0.2, 0.25) is 0 Å². The van der Waals surface area contributed by atoms with E-state index in [0.717, 1.165) is 28.6 Å². The van der Waals surface area contributed by atoms with Crippen molar-refractivity contribution in [1.82, 2.24) is 15.1 Å². The van der Waals surface area contributed by atoms with Crippen LogP contribution in [0.1, 0.15) is 18.9 Å². The van der Waals surface area contributed by atoms with Gasteiger partial charge in [0.05, 0.1) is 6.04 Å². The van der Waals surface area contributed by atoms with Crippen LogP contribution in [0.2, 0.25) is 0 Å². The van der Waals surface area contributed by atoms with E-state index in [9.17, 15) is 13.6 Å². The highest BCUT2D eigenvalue weighted by atomic mass is 19.1. The molecule has 1 aromatic heterocycles. The number of nitrogens with one attached hydrogen (secondary N) is 1. The molecule has 0 radical (unpaired) electrons. The van der Waals surface area contributed by atoms with E-state index >= 15 is 0 Å². The molecular formula is C28H27F2N5O. The molecule has 1 fully saturated rings. The summed E-state index contributed by atoms with van der Waals surface area (Å²) in [4.78, 5) is 17.1. The second-order valence-corrected chi connectivity index (χ2v) is 9.02. The van der Waals surface area contributed by atoms with Crippen LogP contribution < -0.4 is 10.2 Å². The first-order valence-electron chi connectivity index (χ1n) is 12.0.